The van der Waals surface area contributed by atoms with Crippen LogP contribution in [0, 0.1) is 19.8 Å². The van der Waals surface area contributed by atoms with Crippen molar-refractivity contribution in [2.24, 2.45) is 5.92 Å². The summed E-state index contributed by atoms with van der Waals surface area (Å²) in [5, 5.41) is 3.38. The van der Waals surface area contributed by atoms with Gasteiger partial charge in [0.2, 0.25) is 5.91 Å². The Labute approximate surface area is 134 Å². The van der Waals surface area contributed by atoms with E-state index in [-0.39, 0.29) is 5.91 Å². The van der Waals surface area contributed by atoms with Gasteiger partial charge < -0.3 is 10.2 Å². The molecule has 3 rings (SSSR count). The van der Waals surface area contributed by atoms with Gasteiger partial charge in [0.25, 0.3) is 0 Å². The Morgan fingerprint density at radius 3 is 2.59 bits per heavy atom. The lowest BCUT2D eigenvalue weighted by molar-refractivity contribution is -0.135. The molecule has 1 aliphatic carbocycles. The number of benzene rings is 1. The topological polar surface area (TPSA) is 32.3 Å². The van der Waals surface area contributed by atoms with Crippen LogP contribution in [0.1, 0.15) is 49.7 Å². The molecule has 0 aromatic heterocycles. The first-order chi connectivity index (χ1) is 10.7. The zero-order valence-corrected chi connectivity index (χ0v) is 13.9. The molecule has 3 nitrogen and oxygen atoms in total. The molecule has 2 unspecified atom stereocenters. The van der Waals surface area contributed by atoms with Gasteiger partial charge in [-0.1, -0.05) is 31.0 Å². The van der Waals surface area contributed by atoms with Crippen LogP contribution in [0.2, 0.25) is 0 Å². The van der Waals surface area contributed by atoms with Crippen LogP contribution in [-0.4, -0.2) is 29.9 Å². The van der Waals surface area contributed by atoms with Gasteiger partial charge in [0.15, 0.2) is 0 Å². The minimum atomic E-state index is 0.277. The van der Waals surface area contributed by atoms with E-state index < -0.39 is 0 Å². The van der Waals surface area contributed by atoms with Gasteiger partial charge in [-0.3, -0.25) is 4.79 Å². The van der Waals surface area contributed by atoms with Crippen molar-refractivity contribution in [1.29, 1.82) is 0 Å². The number of carbonyl (C=O) groups excluding carboxylic acids is 1. The van der Waals surface area contributed by atoms with Gasteiger partial charge in [0, 0.05) is 18.3 Å². The minimum Gasteiger partial charge on any atom is -0.376 e. The van der Waals surface area contributed by atoms with E-state index in [1.54, 1.807) is 0 Å². The summed E-state index contributed by atoms with van der Waals surface area (Å²) >= 11 is 0. The summed E-state index contributed by atoms with van der Waals surface area (Å²) in [6.45, 7) is 5.57. The second-order valence-corrected chi connectivity index (χ2v) is 6.96. The van der Waals surface area contributed by atoms with Crippen molar-refractivity contribution in [2.45, 2.75) is 58.4 Å². The summed E-state index contributed by atoms with van der Waals surface area (Å²) in [6, 6.07) is 6.76. The molecule has 1 amide bonds. The van der Waals surface area contributed by atoms with Crippen molar-refractivity contribution in [3.05, 3.63) is 29.3 Å². The van der Waals surface area contributed by atoms with E-state index in [1.807, 2.05) is 0 Å². The van der Waals surface area contributed by atoms with Gasteiger partial charge in [0.1, 0.15) is 0 Å². The van der Waals surface area contributed by atoms with E-state index in [1.165, 1.54) is 49.7 Å². The molecule has 120 valence electrons. The summed E-state index contributed by atoms with van der Waals surface area (Å²) in [5.41, 5.74) is 3.54. The van der Waals surface area contributed by atoms with Crippen LogP contribution in [0.3, 0.4) is 0 Å². The van der Waals surface area contributed by atoms with Gasteiger partial charge >= 0.3 is 0 Å². The number of hydrogen-bond acceptors (Lipinski definition) is 2. The standard InChI is InChI=1S/C19H28N2O/c1-14-7-5-8-15(2)19(14)20-13-18(22)21-12-6-10-16-9-3-4-11-17(16)21/h5,7-8,16-17,20H,3-4,6,9-13H2,1-2H3. The molecule has 0 spiro atoms. The van der Waals surface area contributed by atoms with Gasteiger partial charge in [-0.2, -0.15) is 0 Å². The van der Waals surface area contributed by atoms with Gasteiger partial charge in [0.05, 0.1) is 6.54 Å². The number of fused-ring (bicyclic) bond motifs is 1. The average molecular weight is 300 g/mol. The van der Waals surface area contributed by atoms with Gasteiger partial charge in [-0.15, -0.1) is 0 Å². The molecule has 0 radical (unpaired) electrons. The highest BCUT2D eigenvalue weighted by atomic mass is 16.2. The minimum absolute atomic E-state index is 0.277. The Balaban J connectivity index is 1.64. The van der Waals surface area contributed by atoms with Gasteiger partial charge in [-0.25, -0.2) is 0 Å². The van der Waals surface area contributed by atoms with Crippen LogP contribution in [0.5, 0.6) is 0 Å². The fourth-order valence-electron chi connectivity index (χ4n) is 4.29. The maximum atomic E-state index is 12.7. The third kappa shape index (κ3) is 3.13. The third-order valence-corrected chi connectivity index (χ3v) is 5.46. The Morgan fingerprint density at radius 2 is 1.82 bits per heavy atom. The highest BCUT2D eigenvalue weighted by molar-refractivity contribution is 5.82. The second kappa shape index (κ2) is 6.72. The zero-order chi connectivity index (χ0) is 15.5. The Kier molecular flexibility index (Phi) is 4.70. The SMILES string of the molecule is Cc1cccc(C)c1NCC(=O)N1CCCC2CCCCC21. The summed E-state index contributed by atoms with van der Waals surface area (Å²) in [5.74, 6) is 1.03. The number of nitrogens with one attached hydrogen (secondary N) is 1. The number of likely N-dealkylation sites (tertiary alicyclic amines) is 1. The van der Waals surface area contributed by atoms with Crippen molar-refractivity contribution >= 4 is 11.6 Å². The Morgan fingerprint density at radius 1 is 1.14 bits per heavy atom. The molecule has 1 aromatic carbocycles. The van der Waals surface area contributed by atoms with Crippen LogP contribution >= 0.6 is 0 Å². The Hall–Kier alpha value is -1.51. The number of amides is 1. The van der Waals surface area contributed by atoms with Crippen molar-refractivity contribution in [3.63, 3.8) is 0 Å². The fraction of sp³-hybridized carbons (Fsp3) is 0.632. The first-order valence-electron chi connectivity index (χ1n) is 8.76. The predicted molar refractivity (Wildman–Crippen MR) is 91.1 cm³/mol. The first kappa shape index (κ1) is 15.4. The molecule has 0 bridgehead atoms. The molecule has 1 heterocycles. The molecule has 2 aliphatic rings. The molecule has 1 aliphatic heterocycles. The highest BCUT2D eigenvalue weighted by Gasteiger charge is 2.35. The summed E-state index contributed by atoms with van der Waals surface area (Å²) < 4.78 is 0. The monoisotopic (exact) mass is 300 g/mol. The van der Waals surface area contributed by atoms with Crippen molar-refractivity contribution in [2.75, 3.05) is 18.4 Å². The summed E-state index contributed by atoms with van der Waals surface area (Å²) in [6.07, 6.45) is 7.66. The zero-order valence-electron chi connectivity index (χ0n) is 13.9. The van der Waals surface area contributed by atoms with E-state index in [9.17, 15) is 4.79 Å². The second-order valence-electron chi connectivity index (χ2n) is 6.96. The largest absolute Gasteiger partial charge is 0.376 e. The lowest BCUT2D eigenvalue weighted by Crippen LogP contribution is -2.51. The number of hydrogen-bond donors (Lipinski definition) is 1. The molecule has 3 heteroatoms. The maximum Gasteiger partial charge on any atom is 0.242 e. The maximum absolute atomic E-state index is 12.7. The number of aryl methyl sites for hydroxylation is 2. The first-order valence-corrected chi connectivity index (χ1v) is 8.76. The molecule has 1 saturated heterocycles. The molecule has 1 aromatic rings. The van der Waals surface area contributed by atoms with Crippen molar-refractivity contribution < 1.29 is 4.79 Å². The van der Waals surface area contributed by atoms with Crippen LogP contribution in [0.15, 0.2) is 18.2 Å². The average Bonchev–Trinajstić information content (AvgIpc) is 2.53. The molecule has 1 saturated carbocycles. The third-order valence-electron chi connectivity index (χ3n) is 5.46. The van der Waals surface area contributed by atoms with Crippen LogP contribution in [0.25, 0.3) is 0 Å². The molecular weight excluding hydrogens is 272 g/mol. The van der Waals surface area contributed by atoms with Crippen LogP contribution in [-0.2, 0) is 4.79 Å². The summed E-state index contributed by atoms with van der Waals surface area (Å²) in [7, 11) is 0. The number of carbonyl (C=O) groups is 1. The molecular formula is C19H28N2O. The number of rotatable bonds is 3. The quantitative estimate of drug-likeness (QED) is 0.918. The Bertz CT molecular complexity index is 518. The summed E-state index contributed by atoms with van der Waals surface area (Å²) in [4.78, 5) is 14.9. The number of anilines is 1. The van der Waals surface area contributed by atoms with Crippen molar-refractivity contribution in [1.82, 2.24) is 4.90 Å². The predicted octanol–water partition coefficient (Wildman–Crippen LogP) is 3.90. The van der Waals surface area contributed by atoms with E-state index >= 15 is 0 Å². The molecule has 22 heavy (non-hydrogen) atoms. The number of nitrogens with zero attached hydrogens (tertiary/aromatic N) is 1. The fourth-order valence-corrected chi connectivity index (χ4v) is 4.29. The van der Waals surface area contributed by atoms with Crippen molar-refractivity contribution in [3.8, 4) is 0 Å². The number of para-hydroxylation sites is 1. The van der Waals surface area contributed by atoms with Gasteiger partial charge in [-0.05, 0) is 56.6 Å². The number of piperidine rings is 1. The lowest BCUT2D eigenvalue weighted by Gasteiger charge is -2.44. The van der Waals surface area contributed by atoms with Crippen LogP contribution in [0.4, 0.5) is 5.69 Å². The molecule has 1 N–H and O–H groups in total. The normalized spacial score (nSPS) is 24.7. The van der Waals surface area contributed by atoms with E-state index in [4.69, 9.17) is 0 Å². The molecule has 2 fully saturated rings. The van der Waals surface area contributed by atoms with E-state index in [0.717, 1.165) is 18.2 Å². The van der Waals surface area contributed by atoms with Crippen LogP contribution < -0.4 is 5.32 Å². The molecule has 2 atom stereocenters. The lowest BCUT2D eigenvalue weighted by atomic mass is 9.78. The van der Waals surface area contributed by atoms with E-state index in [0.29, 0.717) is 12.6 Å². The van der Waals surface area contributed by atoms with E-state index in [2.05, 4.69) is 42.3 Å². The highest BCUT2D eigenvalue weighted by Crippen LogP contribution is 2.35. The smallest absolute Gasteiger partial charge is 0.242 e.